The molecule has 1 aliphatic heterocycles. The van der Waals surface area contributed by atoms with Crippen molar-refractivity contribution in [1.29, 1.82) is 0 Å². The summed E-state index contributed by atoms with van der Waals surface area (Å²) in [6.45, 7) is 7.63. The maximum Gasteiger partial charge on any atom is 0.160 e. The quantitative estimate of drug-likeness (QED) is 0.576. The summed E-state index contributed by atoms with van der Waals surface area (Å²) in [7, 11) is 0. The van der Waals surface area contributed by atoms with E-state index < -0.39 is 6.10 Å². The van der Waals surface area contributed by atoms with Gasteiger partial charge in [-0.2, -0.15) is 18.6 Å². The minimum atomic E-state index is -0.684. The highest BCUT2D eigenvalue weighted by molar-refractivity contribution is 7.59. The normalized spacial score (nSPS) is 15.2. The van der Waals surface area contributed by atoms with Crippen molar-refractivity contribution in [2.75, 3.05) is 44.4 Å². The number of aliphatic hydroxyl groups excluding tert-OH is 1. The van der Waals surface area contributed by atoms with Gasteiger partial charge in [0.25, 0.3) is 0 Å². The van der Waals surface area contributed by atoms with Crippen LogP contribution in [0.25, 0.3) is 22.3 Å². The molecule has 0 spiro atoms. The number of hydrogen-bond donors (Lipinski definition) is 2. The number of morpholine rings is 1. The van der Waals surface area contributed by atoms with E-state index in [1.54, 1.807) is 0 Å². The average Bonchev–Trinajstić information content (AvgIpc) is 3.22. The third-order valence-corrected chi connectivity index (χ3v) is 5.23. The van der Waals surface area contributed by atoms with Gasteiger partial charge in [-0.3, -0.25) is 0 Å². The lowest BCUT2D eigenvalue weighted by molar-refractivity contribution is 0.114. The molecule has 0 amide bonds. The van der Waals surface area contributed by atoms with Gasteiger partial charge >= 0.3 is 0 Å². The van der Waals surface area contributed by atoms with Gasteiger partial charge in [-0.15, -0.1) is 0 Å². The van der Waals surface area contributed by atoms with E-state index in [1.165, 1.54) is 0 Å². The number of hydrogen-bond acceptors (Lipinski definition) is 7. The van der Waals surface area contributed by atoms with Gasteiger partial charge in [0, 0.05) is 31.2 Å². The molecule has 0 saturated carbocycles. The van der Waals surface area contributed by atoms with Crippen molar-refractivity contribution in [3.8, 4) is 17.0 Å². The average molecular weight is 446 g/mol. The molecule has 3 heterocycles. The number of aromatic nitrogens is 3. The molecule has 0 unspecified atom stereocenters. The molecule has 3 N–H and O–H groups in total. The Kier molecular flexibility index (Phi) is 7.77. The highest BCUT2D eigenvalue weighted by Gasteiger charge is 2.20. The molecule has 9 heteroatoms. The van der Waals surface area contributed by atoms with Crippen LogP contribution in [0, 0.1) is 0 Å². The van der Waals surface area contributed by atoms with E-state index >= 15 is 0 Å². The molecule has 0 aliphatic carbocycles. The number of rotatable bonds is 7. The predicted molar refractivity (Wildman–Crippen MR) is 127 cm³/mol. The second kappa shape index (κ2) is 10.3. The second-order valence-corrected chi connectivity index (χ2v) is 7.77. The van der Waals surface area contributed by atoms with Crippen LogP contribution in [0.1, 0.15) is 19.9 Å². The third kappa shape index (κ3) is 5.12. The summed E-state index contributed by atoms with van der Waals surface area (Å²) in [5.41, 5.74) is 9.26. The smallest absolute Gasteiger partial charge is 0.160 e. The number of ether oxygens (including phenoxy) is 2. The Morgan fingerprint density at radius 2 is 2.00 bits per heavy atom. The lowest BCUT2D eigenvalue weighted by atomic mass is 10.1. The van der Waals surface area contributed by atoms with Crippen LogP contribution in [0.2, 0.25) is 0 Å². The number of fused-ring (bicyclic) bond motifs is 1. The van der Waals surface area contributed by atoms with Gasteiger partial charge in [0.2, 0.25) is 0 Å². The second-order valence-electron chi connectivity index (χ2n) is 7.77. The fraction of sp³-hybridized carbons (Fsp3) is 0.455. The molecule has 2 aromatic heterocycles. The number of anilines is 1. The molecule has 1 aromatic carbocycles. The molecule has 4 rings (SSSR count). The molecule has 0 radical (unpaired) electrons. The van der Waals surface area contributed by atoms with Crippen molar-refractivity contribution in [3.63, 3.8) is 0 Å². The SMILES string of the molecule is CC(C)n1ncc2c(N3CCOCC3)cc(-c3cccc(OC[C@@H](O)CN)c3)nc21.S. The third-order valence-electron chi connectivity index (χ3n) is 5.23. The fourth-order valence-corrected chi connectivity index (χ4v) is 3.60. The molecule has 1 fully saturated rings. The van der Waals surface area contributed by atoms with Crippen LogP contribution in [-0.4, -0.2) is 65.4 Å². The van der Waals surface area contributed by atoms with Gasteiger partial charge in [-0.1, -0.05) is 12.1 Å². The van der Waals surface area contributed by atoms with Gasteiger partial charge in [0.1, 0.15) is 18.5 Å². The van der Waals surface area contributed by atoms with E-state index in [2.05, 4.69) is 29.9 Å². The van der Waals surface area contributed by atoms with Gasteiger partial charge in [0.05, 0.1) is 36.2 Å². The monoisotopic (exact) mass is 445 g/mol. The molecule has 1 atom stereocenters. The lowest BCUT2D eigenvalue weighted by Crippen LogP contribution is -2.36. The molecule has 0 bridgehead atoms. The first-order chi connectivity index (χ1) is 14.6. The summed E-state index contributed by atoms with van der Waals surface area (Å²) >= 11 is 0. The van der Waals surface area contributed by atoms with Crippen LogP contribution in [0.4, 0.5) is 5.69 Å². The Bertz CT molecular complexity index is 1000. The first-order valence-corrected chi connectivity index (χ1v) is 10.4. The van der Waals surface area contributed by atoms with Crippen molar-refractivity contribution in [2.45, 2.75) is 26.0 Å². The maximum atomic E-state index is 9.68. The summed E-state index contributed by atoms with van der Waals surface area (Å²) in [5.74, 6) is 0.673. The molecule has 31 heavy (non-hydrogen) atoms. The van der Waals surface area contributed by atoms with E-state index in [0.717, 1.165) is 41.1 Å². The highest BCUT2D eigenvalue weighted by atomic mass is 32.1. The molecule has 3 aromatic rings. The zero-order valence-corrected chi connectivity index (χ0v) is 19.0. The summed E-state index contributed by atoms with van der Waals surface area (Å²) in [6.07, 6.45) is 1.22. The Morgan fingerprint density at radius 3 is 2.71 bits per heavy atom. The number of nitrogens with zero attached hydrogens (tertiary/aromatic N) is 4. The standard InChI is InChI=1S/C22H29N5O3.H2S/c1-15(2)27-22-19(13-24-27)21(26-6-8-29-9-7-26)11-20(25-22)16-4-3-5-18(10-16)30-14-17(28)12-23;/h3-5,10-11,13,15,17,28H,6-9,12,14,23H2,1-2H3;1H2/t17-;/m0./s1. The van der Waals surface area contributed by atoms with E-state index in [-0.39, 0.29) is 32.7 Å². The Balaban J connectivity index is 0.00000272. The zero-order chi connectivity index (χ0) is 21.1. The van der Waals surface area contributed by atoms with Crippen LogP contribution in [0.5, 0.6) is 5.75 Å². The summed E-state index contributed by atoms with van der Waals surface area (Å²) in [6, 6.07) is 10.1. The van der Waals surface area contributed by atoms with Gasteiger partial charge in [-0.25, -0.2) is 9.67 Å². The molecule has 1 saturated heterocycles. The number of aliphatic hydroxyl groups is 1. The Hall–Kier alpha value is -2.33. The molecule has 8 nitrogen and oxygen atoms in total. The Labute approximate surface area is 189 Å². The highest BCUT2D eigenvalue weighted by Crippen LogP contribution is 2.33. The first kappa shape index (κ1) is 23.3. The fourth-order valence-electron chi connectivity index (χ4n) is 3.60. The van der Waals surface area contributed by atoms with Crippen LogP contribution in [0.3, 0.4) is 0 Å². The lowest BCUT2D eigenvalue weighted by Gasteiger charge is -2.29. The molecular formula is C22H31N5O3S. The maximum absolute atomic E-state index is 9.68. The minimum Gasteiger partial charge on any atom is -0.491 e. The summed E-state index contributed by atoms with van der Waals surface area (Å²) in [5, 5.41) is 15.3. The van der Waals surface area contributed by atoms with Crippen LogP contribution in [-0.2, 0) is 4.74 Å². The van der Waals surface area contributed by atoms with E-state index in [0.29, 0.717) is 19.0 Å². The first-order valence-electron chi connectivity index (χ1n) is 10.4. The van der Waals surface area contributed by atoms with Crippen molar-refractivity contribution in [1.82, 2.24) is 14.8 Å². The Morgan fingerprint density at radius 1 is 1.23 bits per heavy atom. The largest absolute Gasteiger partial charge is 0.491 e. The number of pyridine rings is 1. The van der Waals surface area contributed by atoms with Crippen LogP contribution >= 0.6 is 13.5 Å². The number of benzene rings is 1. The van der Waals surface area contributed by atoms with Crippen molar-refractivity contribution in [3.05, 3.63) is 36.5 Å². The van der Waals surface area contributed by atoms with Crippen LogP contribution in [0.15, 0.2) is 36.5 Å². The molecule has 1 aliphatic rings. The topological polar surface area (TPSA) is 98.7 Å². The van der Waals surface area contributed by atoms with E-state index in [1.807, 2.05) is 35.1 Å². The number of nitrogens with two attached hydrogens (primary N) is 1. The van der Waals surface area contributed by atoms with Gasteiger partial charge in [0.15, 0.2) is 5.65 Å². The van der Waals surface area contributed by atoms with Gasteiger partial charge in [-0.05, 0) is 32.0 Å². The molecular weight excluding hydrogens is 414 g/mol. The zero-order valence-electron chi connectivity index (χ0n) is 18.0. The minimum absolute atomic E-state index is 0. The van der Waals surface area contributed by atoms with Crippen molar-refractivity contribution >= 4 is 30.2 Å². The van der Waals surface area contributed by atoms with Crippen LogP contribution < -0.4 is 15.4 Å². The molecule has 168 valence electrons. The van der Waals surface area contributed by atoms with Gasteiger partial charge < -0.3 is 25.2 Å². The summed E-state index contributed by atoms with van der Waals surface area (Å²) in [4.78, 5) is 7.29. The van der Waals surface area contributed by atoms with Crippen molar-refractivity contribution in [2.24, 2.45) is 5.73 Å². The van der Waals surface area contributed by atoms with E-state index in [4.69, 9.17) is 20.2 Å². The van der Waals surface area contributed by atoms with Crippen molar-refractivity contribution < 1.29 is 14.6 Å². The van der Waals surface area contributed by atoms with E-state index in [9.17, 15) is 5.11 Å². The summed E-state index contributed by atoms with van der Waals surface area (Å²) < 4.78 is 13.2. The predicted octanol–water partition coefficient (Wildman–Crippen LogP) is 2.33.